The van der Waals surface area contributed by atoms with Gasteiger partial charge in [0.05, 0.1) is 35.8 Å². The van der Waals surface area contributed by atoms with Gasteiger partial charge in [0.15, 0.2) is 17.3 Å². The lowest BCUT2D eigenvalue weighted by molar-refractivity contribution is -0.0712. The van der Waals surface area contributed by atoms with E-state index < -0.39 is 11.6 Å². The van der Waals surface area contributed by atoms with Gasteiger partial charge in [-0.2, -0.15) is 0 Å². The van der Waals surface area contributed by atoms with Gasteiger partial charge >= 0.3 is 0 Å². The van der Waals surface area contributed by atoms with Crippen molar-refractivity contribution in [1.29, 1.82) is 0 Å². The largest absolute Gasteiger partial charge is 0.491 e. The van der Waals surface area contributed by atoms with Gasteiger partial charge in [0.1, 0.15) is 11.6 Å². The Bertz CT molecular complexity index is 1900. The minimum Gasteiger partial charge on any atom is -0.491 e. The lowest BCUT2D eigenvalue weighted by Gasteiger charge is -2.33. The first-order valence-corrected chi connectivity index (χ1v) is 15.7. The molecule has 3 aliphatic heterocycles. The number of aromatic hydroxyl groups is 1. The molecule has 0 spiro atoms. The molecule has 3 aromatic carbocycles. The van der Waals surface area contributed by atoms with Gasteiger partial charge in [-0.3, -0.25) is 4.90 Å². The van der Waals surface area contributed by atoms with E-state index in [4.69, 9.17) is 35.3 Å². The highest BCUT2D eigenvalue weighted by Gasteiger charge is 2.43. The Morgan fingerprint density at radius 1 is 1.04 bits per heavy atom. The molecule has 2 atom stereocenters. The molecule has 2 saturated heterocycles. The topological polar surface area (TPSA) is 95.0 Å². The van der Waals surface area contributed by atoms with Crippen molar-refractivity contribution in [2.45, 2.75) is 57.1 Å². The fraction of sp³-hybridized carbons (Fsp3) is 0.353. The highest BCUT2D eigenvalue weighted by atomic mass is 35.5. The summed E-state index contributed by atoms with van der Waals surface area (Å²) in [6.07, 6.45) is 3.11. The van der Waals surface area contributed by atoms with Crippen molar-refractivity contribution in [3.8, 4) is 28.7 Å². The first-order valence-electron chi connectivity index (χ1n) is 15.3. The second-order valence-corrected chi connectivity index (χ2v) is 12.6. The zero-order chi connectivity index (χ0) is 30.7. The second-order valence-electron chi connectivity index (χ2n) is 12.2. The number of imidazole rings is 1. The third kappa shape index (κ3) is 5.20. The second kappa shape index (κ2) is 11.0. The van der Waals surface area contributed by atoms with E-state index in [1.54, 1.807) is 19.1 Å². The lowest BCUT2D eigenvalue weighted by atomic mass is 9.88. The predicted molar refractivity (Wildman–Crippen MR) is 165 cm³/mol. The van der Waals surface area contributed by atoms with Crippen molar-refractivity contribution in [2.24, 2.45) is 0 Å². The van der Waals surface area contributed by atoms with Gasteiger partial charge in [-0.1, -0.05) is 23.7 Å². The molecule has 9 nitrogen and oxygen atoms in total. The number of piperidine rings is 1. The Hall–Kier alpha value is -4.12. The van der Waals surface area contributed by atoms with Crippen LogP contribution in [0.3, 0.4) is 0 Å². The van der Waals surface area contributed by atoms with Crippen LogP contribution in [0.4, 0.5) is 4.39 Å². The molecule has 0 amide bonds. The molecule has 2 fully saturated rings. The summed E-state index contributed by atoms with van der Waals surface area (Å²) < 4.78 is 40.8. The average Bonchev–Trinajstić information content (AvgIpc) is 3.69. The smallest absolute Gasteiger partial charge is 0.278 e. The van der Waals surface area contributed by atoms with E-state index in [0.717, 1.165) is 73.5 Å². The van der Waals surface area contributed by atoms with Crippen LogP contribution in [0.1, 0.15) is 49.1 Å². The quantitative estimate of drug-likeness (QED) is 0.205. The molecule has 8 rings (SSSR count). The van der Waals surface area contributed by atoms with Crippen molar-refractivity contribution in [2.75, 3.05) is 19.7 Å². The first kappa shape index (κ1) is 28.4. The molecule has 0 saturated carbocycles. The summed E-state index contributed by atoms with van der Waals surface area (Å²) in [6, 6.07) is 18.0. The summed E-state index contributed by atoms with van der Waals surface area (Å²) in [5.74, 6) is 1.20. The van der Waals surface area contributed by atoms with Crippen molar-refractivity contribution in [3.05, 3.63) is 88.5 Å². The molecule has 3 aliphatic rings. The van der Waals surface area contributed by atoms with Crippen LogP contribution in [0, 0.1) is 5.82 Å². The van der Waals surface area contributed by atoms with Crippen LogP contribution in [-0.2, 0) is 23.6 Å². The van der Waals surface area contributed by atoms with E-state index in [2.05, 4.69) is 20.7 Å². The molecule has 1 unspecified atom stereocenters. The van der Waals surface area contributed by atoms with Crippen molar-refractivity contribution in [3.63, 3.8) is 0 Å². The van der Waals surface area contributed by atoms with Crippen LogP contribution in [0.25, 0.3) is 22.4 Å². The number of hydrogen-bond acceptors (Lipinski definition) is 8. The number of benzene rings is 3. The normalized spacial score (nSPS) is 21.8. The SMILES string of the molecule is CC1(c2ccc(Cl)cc2F)Oc2cccc(C3CCN(Cc4nc5cc(-c6cc(O)no6)ccc5n4C[C@@H]4CCO4)CC3)c2O1. The van der Waals surface area contributed by atoms with Crippen LogP contribution in [-0.4, -0.2) is 50.5 Å². The number of para-hydroxylation sites is 1. The average molecular weight is 631 g/mol. The number of likely N-dealkylation sites (tertiary alicyclic amines) is 1. The van der Waals surface area contributed by atoms with Crippen molar-refractivity contribution < 1.29 is 28.2 Å². The van der Waals surface area contributed by atoms with Crippen LogP contribution in [0.15, 0.2) is 65.2 Å². The van der Waals surface area contributed by atoms with E-state index in [1.807, 2.05) is 30.3 Å². The number of fused-ring (bicyclic) bond motifs is 2. The van der Waals surface area contributed by atoms with Crippen LogP contribution >= 0.6 is 11.6 Å². The molecule has 0 radical (unpaired) electrons. The number of aromatic nitrogens is 3. The Kier molecular flexibility index (Phi) is 6.96. The van der Waals surface area contributed by atoms with E-state index in [-0.39, 0.29) is 17.9 Å². The van der Waals surface area contributed by atoms with Gasteiger partial charge in [0.2, 0.25) is 0 Å². The molecule has 0 bridgehead atoms. The lowest BCUT2D eigenvalue weighted by Crippen LogP contribution is -2.35. The molecule has 1 N–H and O–H groups in total. The Morgan fingerprint density at radius 2 is 1.89 bits per heavy atom. The first-order chi connectivity index (χ1) is 21.8. The summed E-state index contributed by atoms with van der Waals surface area (Å²) >= 11 is 5.99. The molecule has 11 heteroatoms. The molecular formula is C34H32ClFN4O5. The Morgan fingerprint density at radius 3 is 2.62 bits per heavy atom. The monoisotopic (exact) mass is 630 g/mol. The van der Waals surface area contributed by atoms with Crippen LogP contribution in [0.2, 0.25) is 5.02 Å². The van der Waals surface area contributed by atoms with Crippen LogP contribution < -0.4 is 9.47 Å². The molecule has 2 aromatic heterocycles. The van der Waals surface area contributed by atoms with E-state index >= 15 is 0 Å². The van der Waals surface area contributed by atoms with Gasteiger partial charge < -0.3 is 28.4 Å². The van der Waals surface area contributed by atoms with Gasteiger partial charge in [-0.25, -0.2) is 9.37 Å². The fourth-order valence-corrected chi connectivity index (χ4v) is 6.89. The molecule has 5 heterocycles. The Labute approximate surface area is 264 Å². The fourth-order valence-electron chi connectivity index (χ4n) is 6.73. The molecule has 5 aromatic rings. The van der Waals surface area contributed by atoms with Gasteiger partial charge in [-0.15, -0.1) is 0 Å². The summed E-state index contributed by atoms with van der Waals surface area (Å²) in [4.78, 5) is 7.50. The summed E-state index contributed by atoms with van der Waals surface area (Å²) in [5, 5.41) is 13.6. The van der Waals surface area contributed by atoms with E-state index in [9.17, 15) is 9.50 Å². The number of halogens is 2. The minimum atomic E-state index is -1.27. The third-order valence-electron chi connectivity index (χ3n) is 9.21. The maximum Gasteiger partial charge on any atom is 0.278 e. The summed E-state index contributed by atoms with van der Waals surface area (Å²) in [6.45, 7) is 5.79. The number of nitrogens with zero attached hydrogens (tertiary/aromatic N) is 4. The Balaban J connectivity index is 1.000. The van der Waals surface area contributed by atoms with Gasteiger partial charge in [0.25, 0.3) is 11.7 Å². The summed E-state index contributed by atoms with van der Waals surface area (Å²) in [7, 11) is 0. The maximum absolute atomic E-state index is 14.9. The predicted octanol–water partition coefficient (Wildman–Crippen LogP) is 7.00. The summed E-state index contributed by atoms with van der Waals surface area (Å²) in [5.41, 5.74) is 4.12. The van der Waals surface area contributed by atoms with Gasteiger partial charge in [0, 0.05) is 35.7 Å². The third-order valence-corrected chi connectivity index (χ3v) is 9.45. The highest BCUT2D eigenvalue weighted by Crippen LogP contribution is 2.50. The number of rotatable bonds is 7. The molecular weight excluding hydrogens is 599 g/mol. The molecule has 232 valence electrons. The standard InChI is InChI=1S/C34H32ClFN4O5/c1-34(25-7-6-22(35)16-26(25)36)43-29-4-2-3-24(33(29)44-34)20-9-12-39(13-10-20)19-31-37-27-15-21(30-17-32(41)38-45-30)5-8-28(27)40(31)18-23-11-14-42-23/h2-8,15-17,20,23H,9-14,18-19H2,1H3,(H,38,41)/t23-,34?/m0/s1. The van der Waals surface area contributed by atoms with E-state index in [0.29, 0.717) is 34.4 Å². The number of ether oxygens (including phenoxy) is 3. The zero-order valence-electron chi connectivity index (χ0n) is 24.7. The zero-order valence-corrected chi connectivity index (χ0v) is 25.5. The molecule has 45 heavy (non-hydrogen) atoms. The maximum atomic E-state index is 14.9. The molecule has 0 aliphatic carbocycles. The number of hydrogen-bond donors (Lipinski definition) is 1. The van der Waals surface area contributed by atoms with Crippen molar-refractivity contribution in [1.82, 2.24) is 19.6 Å². The van der Waals surface area contributed by atoms with E-state index in [1.165, 1.54) is 12.1 Å². The highest BCUT2D eigenvalue weighted by molar-refractivity contribution is 6.30. The van der Waals surface area contributed by atoms with Crippen LogP contribution in [0.5, 0.6) is 17.4 Å². The van der Waals surface area contributed by atoms with Gasteiger partial charge in [-0.05, 0) is 85.9 Å². The van der Waals surface area contributed by atoms with Crippen molar-refractivity contribution >= 4 is 22.6 Å². The minimum absolute atomic E-state index is 0.147.